The second-order valence-electron chi connectivity index (χ2n) is 3.81. The molecule has 0 heterocycles. The SMILES string of the molecule is O=C(NN=Cc1c(F)cccc1Cl)c1ccccc1Br. The fourth-order valence-corrected chi connectivity index (χ4v) is 2.17. The lowest BCUT2D eigenvalue weighted by atomic mass is 10.2. The second kappa shape index (κ2) is 6.63. The van der Waals surface area contributed by atoms with Crippen LogP contribution in [0.5, 0.6) is 0 Å². The third kappa shape index (κ3) is 3.43. The molecule has 6 heteroatoms. The first kappa shape index (κ1) is 14.7. The highest BCUT2D eigenvalue weighted by Gasteiger charge is 2.08. The van der Waals surface area contributed by atoms with Crippen LogP contribution in [0.15, 0.2) is 52.0 Å². The first-order valence-corrected chi connectivity index (χ1v) is 6.78. The maximum Gasteiger partial charge on any atom is 0.272 e. The maximum atomic E-state index is 13.5. The molecule has 0 bridgehead atoms. The minimum atomic E-state index is -0.503. The van der Waals surface area contributed by atoms with Crippen molar-refractivity contribution in [2.75, 3.05) is 0 Å². The van der Waals surface area contributed by atoms with E-state index in [1.807, 2.05) is 0 Å². The van der Waals surface area contributed by atoms with Gasteiger partial charge in [0.25, 0.3) is 5.91 Å². The van der Waals surface area contributed by atoms with Crippen LogP contribution < -0.4 is 5.43 Å². The number of hydrogen-bond donors (Lipinski definition) is 1. The third-order valence-corrected chi connectivity index (χ3v) is 3.50. The van der Waals surface area contributed by atoms with Crippen LogP contribution >= 0.6 is 27.5 Å². The molecule has 1 amide bonds. The number of halogens is 3. The summed E-state index contributed by atoms with van der Waals surface area (Å²) in [4.78, 5) is 11.8. The molecule has 2 aromatic carbocycles. The quantitative estimate of drug-likeness (QED) is 0.656. The molecule has 0 aliphatic heterocycles. The Morgan fingerprint density at radius 2 is 2.00 bits per heavy atom. The van der Waals surface area contributed by atoms with Gasteiger partial charge in [-0.1, -0.05) is 29.8 Å². The van der Waals surface area contributed by atoms with Gasteiger partial charge >= 0.3 is 0 Å². The van der Waals surface area contributed by atoms with Crippen molar-refractivity contribution in [2.24, 2.45) is 5.10 Å². The van der Waals surface area contributed by atoms with E-state index >= 15 is 0 Å². The van der Waals surface area contributed by atoms with Crippen molar-refractivity contribution in [1.82, 2.24) is 5.43 Å². The predicted molar refractivity (Wildman–Crippen MR) is 80.6 cm³/mol. The summed E-state index contributed by atoms with van der Waals surface area (Å²) < 4.78 is 14.1. The summed E-state index contributed by atoms with van der Waals surface area (Å²) in [5.74, 6) is -0.905. The van der Waals surface area contributed by atoms with E-state index in [9.17, 15) is 9.18 Å². The zero-order chi connectivity index (χ0) is 14.5. The summed E-state index contributed by atoms with van der Waals surface area (Å²) in [5, 5.41) is 3.94. The minimum Gasteiger partial charge on any atom is -0.267 e. The molecule has 3 nitrogen and oxygen atoms in total. The molecule has 0 aromatic heterocycles. The fourth-order valence-electron chi connectivity index (χ4n) is 1.50. The normalized spacial score (nSPS) is 10.8. The van der Waals surface area contributed by atoms with Crippen LogP contribution in [0.2, 0.25) is 5.02 Å². The van der Waals surface area contributed by atoms with Crippen LogP contribution in [-0.2, 0) is 0 Å². The summed E-state index contributed by atoms with van der Waals surface area (Å²) in [6.07, 6.45) is 1.17. The topological polar surface area (TPSA) is 41.5 Å². The monoisotopic (exact) mass is 354 g/mol. The summed E-state index contributed by atoms with van der Waals surface area (Å²) in [6.45, 7) is 0. The molecule has 0 fully saturated rings. The average Bonchev–Trinajstić information content (AvgIpc) is 2.42. The van der Waals surface area contributed by atoms with Gasteiger partial charge in [0, 0.05) is 10.0 Å². The van der Waals surface area contributed by atoms with E-state index in [1.165, 1.54) is 18.3 Å². The van der Waals surface area contributed by atoms with Gasteiger partial charge in [0.15, 0.2) is 0 Å². The van der Waals surface area contributed by atoms with Gasteiger partial charge in [-0.25, -0.2) is 9.82 Å². The van der Waals surface area contributed by atoms with Crippen molar-refractivity contribution < 1.29 is 9.18 Å². The molecule has 2 aromatic rings. The number of rotatable bonds is 3. The summed E-state index contributed by atoms with van der Waals surface area (Å²) in [6, 6.07) is 11.2. The number of carbonyl (C=O) groups excluding carboxylic acids is 1. The Labute approximate surface area is 128 Å². The molecule has 0 aliphatic carbocycles. The van der Waals surface area contributed by atoms with Crippen LogP contribution in [-0.4, -0.2) is 12.1 Å². The number of nitrogens with zero attached hydrogens (tertiary/aromatic N) is 1. The summed E-state index contributed by atoms with van der Waals surface area (Å²) in [7, 11) is 0. The van der Waals surface area contributed by atoms with Gasteiger partial charge in [-0.05, 0) is 40.2 Å². The van der Waals surface area contributed by atoms with E-state index in [2.05, 4.69) is 26.5 Å². The van der Waals surface area contributed by atoms with Crippen molar-refractivity contribution in [2.45, 2.75) is 0 Å². The lowest BCUT2D eigenvalue weighted by Crippen LogP contribution is -2.18. The fraction of sp³-hybridized carbons (Fsp3) is 0. The highest BCUT2D eigenvalue weighted by molar-refractivity contribution is 9.10. The molecule has 20 heavy (non-hydrogen) atoms. The number of benzene rings is 2. The van der Waals surface area contributed by atoms with Gasteiger partial charge < -0.3 is 0 Å². The Bertz CT molecular complexity index is 656. The van der Waals surface area contributed by atoms with E-state index in [4.69, 9.17) is 11.6 Å². The first-order valence-electron chi connectivity index (χ1n) is 5.61. The van der Waals surface area contributed by atoms with Gasteiger partial charge in [0.05, 0.1) is 16.8 Å². The molecule has 0 radical (unpaired) electrons. The van der Waals surface area contributed by atoms with Gasteiger partial charge in [0.1, 0.15) is 5.82 Å². The Morgan fingerprint density at radius 1 is 1.25 bits per heavy atom. The molecule has 1 N–H and O–H groups in total. The lowest BCUT2D eigenvalue weighted by Gasteiger charge is -2.02. The molecule has 0 spiro atoms. The van der Waals surface area contributed by atoms with E-state index in [-0.39, 0.29) is 10.6 Å². The molecular weight excluding hydrogens is 347 g/mol. The Kier molecular flexibility index (Phi) is 4.87. The van der Waals surface area contributed by atoms with Gasteiger partial charge in [-0.2, -0.15) is 5.10 Å². The lowest BCUT2D eigenvalue weighted by molar-refractivity contribution is 0.0954. The zero-order valence-electron chi connectivity index (χ0n) is 10.1. The largest absolute Gasteiger partial charge is 0.272 e. The Hall–Kier alpha value is -1.72. The first-order chi connectivity index (χ1) is 9.59. The molecule has 102 valence electrons. The summed E-state index contributed by atoms with van der Waals surface area (Å²) >= 11 is 9.10. The minimum absolute atomic E-state index is 0.126. The van der Waals surface area contributed by atoms with E-state index < -0.39 is 11.7 Å². The average molecular weight is 356 g/mol. The zero-order valence-corrected chi connectivity index (χ0v) is 12.5. The molecule has 0 unspecified atom stereocenters. The van der Waals surface area contributed by atoms with Gasteiger partial charge in [-0.3, -0.25) is 4.79 Å². The highest BCUT2D eigenvalue weighted by Crippen LogP contribution is 2.17. The standard InChI is InChI=1S/C14H9BrClFN2O/c15-11-5-2-1-4-9(11)14(20)19-18-8-10-12(16)6-3-7-13(10)17/h1-8H,(H,19,20). The molecule has 2 rings (SSSR count). The maximum absolute atomic E-state index is 13.5. The van der Waals surface area contributed by atoms with Gasteiger partial charge in [-0.15, -0.1) is 0 Å². The van der Waals surface area contributed by atoms with Crippen molar-refractivity contribution in [1.29, 1.82) is 0 Å². The second-order valence-corrected chi connectivity index (χ2v) is 5.08. The molecule has 0 saturated heterocycles. The third-order valence-electron chi connectivity index (χ3n) is 2.48. The molecule has 0 saturated carbocycles. The number of hydrogen-bond acceptors (Lipinski definition) is 2. The smallest absolute Gasteiger partial charge is 0.267 e. The number of carbonyl (C=O) groups is 1. The van der Waals surface area contributed by atoms with Gasteiger partial charge in [0.2, 0.25) is 0 Å². The van der Waals surface area contributed by atoms with Crippen molar-refractivity contribution in [3.8, 4) is 0 Å². The number of nitrogens with one attached hydrogen (secondary N) is 1. The van der Waals surface area contributed by atoms with E-state index in [0.29, 0.717) is 10.0 Å². The van der Waals surface area contributed by atoms with Crippen molar-refractivity contribution in [3.63, 3.8) is 0 Å². The van der Waals surface area contributed by atoms with Crippen LogP contribution in [0.1, 0.15) is 15.9 Å². The number of hydrazone groups is 1. The summed E-state index contributed by atoms with van der Waals surface area (Å²) in [5.41, 5.74) is 2.88. The Morgan fingerprint density at radius 3 is 2.70 bits per heavy atom. The molecular formula is C14H9BrClFN2O. The van der Waals surface area contributed by atoms with Crippen molar-refractivity contribution in [3.05, 3.63) is 68.9 Å². The Balaban J connectivity index is 2.11. The van der Waals surface area contributed by atoms with E-state index in [0.717, 1.165) is 0 Å². The predicted octanol–water partition coefficient (Wildman–Crippen LogP) is 4.01. The molecule has 0 aliphatic rings. The highest BCUT2D eigenvalue weighted by atomic mass is 79.9. The van der Waals surface area contributed by atoms with E-state index in [1.54, 1.807) is 30.3 Å². The molecule has 0 atom stereocenters. The van der Waals surface area contributed by atoms with Crippen molar-refractivity contribution >= 4 is 39.7 Å². The van der Waals surface area contributed by atoms with Crippen LogP contribution in [0, 0.1) is 5.82 Å². The van der Waals surface area contributed by atoms with Crippen LogP contribution in [0.3, 0.4) is 0 Å². The van der Waals surface area contributed by atoms with Crippen LogP contribution in [0.4, 0.5) is 4.39 Å². The number of amides is 1. The van der Waals surface area contributed by atoms with Crippen LogP contribution in [0.25, 0.3) is 0 Å².